The van der Waals surface area contributed by atoms with Gasteiger partial charge in [-0.15, -0.1) is 0 Å². The second kappa shape index (κ2) is 11.3. The fourth-order valence-corrected chi connectivity index (χ4v) is 5.31. The number of rotatable bonds is 11. The minimum atomic E-state index is -0.0503. The average Bonchev–Trinajstić information content (AvgIpc) is 2.72. The lowest BCUT2D eigenvalue weighted by atomic mass is 9.89. The first-order valence-corrected chi connectivity index (χ1v) is 12.3. The first kappa shape index (κ1) is 25.7. The summed E-state index contributed by atoms with van der Waals surface area (Å²) in [4.78, 5) is 0. The van der Waals surface area contributed by atoms with E-state index in [0.29, 0.717) is 20.5 Å². The highest BCUT2D eigenvalue weighted by molar-refractivity contribution is 7.48. The highest BCUT2D eigenvalue weighted by Gasteiger charge is 2.31. The molecule has 31 heavy (non-hydrogen) atoms. The molecule has 0 fully saturated rings. The van der Waals surface area contributed by atoms with Crippen molar-refractivity contribution in [2.75, 3.05) is 13.9 Å². The third kappa shape index (κ3) is 6.45. The van der Waals surface area contributed by atoms with Crippen molar-refractivity contribution < 1.29 is 9.47 Å². The topological polar surface area (TPSA) is 30.5 Å². The van der Waals surface area contributed by atoms with Gasteiger partial charge in [-0.05, 0) is 54.2 Å². The monoisotopic (exact) mass is 441 g/mol. The van der Waals surface area contributed by atoms with Gasteiger partial charge in [-0.2, -0.15) is 0 Å². The Kier molecular flexibility index (Phi) is 9.38. The summed E-state index contributed by atoms with van der Waals surface area (Å²) >= 11 is 0. The molecule has 2 unspecified atom stereocenters. The molecule has 1 N–H and O–H groups in total. The number of methoxy groups -OCH3 is 1. The van der Waals surface area contributed by atoms with E-state index in [1.165, 1.54) is 33.1 Å². The first-order chi connectivity index (χ1) is 14.6. The van der Waals surface area contributed by atoms with Crippen molar-refractivity contribution in [2.24, 2.45) is 0 Å². The molecule has 170 valence electrons. The summed E-state index contributed by atoms with van der Waals surface area (Å²) in [5.41, 5.74) is 6.32. The molecule has 0 radical (unpaired) electrons. The van der Waals surface area contributed by atoms with E-state index in [0.717, 1.165) is 18.7 Å². The van der Waals surface area contributed by atoms with Crippen LogP contribution in [0.25, 0.3) is 0 Å². The predicted octanol–water partition coefficient (Wildman–Crippen LogP) is 6.14. The Hall–Kier alpha value is -1.59. The van der Waals surface area contributed by atoms with E-state index in [2.05, 4.69) is 91.0 Å². The smallest absolute Gasteiger partial charge is 0.188 e. The molecule has 4 heteroatoms. The molecule has 0 aliphatic rings. The fraction of sp³-hybridized carbons (Fsp3) is 0.556. The van der Waals surface area contributed by atoms with Gasteiger partial charge in [0.2, 0.25) is 0 Å². The summed E-state index contributed by atoms with van der Waals surface area (Å²) in [7, 11) is 2.28. The van der Waals surface area contributed by atoms with Crippen molar-refractivity contribution in [2.45, 2.75) is 85.5 Å². The van der Waals surface area contributed by atoms with E-state index in [4.69, 9.17) is 9.47 Å². The summed E-state index contributed by atoms with van der Waals surface area (Å²) in [5, 5.41) is 4.90. The van der Waals surface area contributed by atoms with E-state index in [-0.39, 0.29) is 11.9 Å². The van der Waals surface area contributed by atoms with E-state index >= 15 is 0 Å². The lowest BCUT2D eigenvalue weighted by Crippen LogP contribution is -2.27. The van der Waals surface area contributed by atoms with Crippen LogP contribution in [-0.2, 0) is 16.4 Å². The zero-order valence-corrected chi connectivity index (χ0v) is 21.8. The third-order valence-corrected chi connectivity index (χ3v) is 8.00. The van der Waals surface area contributed by atoms with Crippen LogP contribution in [0.5, 0.6) is 5.75 Å². The molecule has 3 nitrogen and oxygen atoms in total. The summed E-state index contributed by atoms with van der Waals surface area (Å²) in [6, 6.07) is 13.7. The number of ether oxygens (including phenoxy) is 2. The lowest BCUT2D eigenvalue weighted by molar-refractivity contribution is 0.0495. The van der Waals surface area contributed by atoms with E-state index in [1.807, 2.05) is 0 Å². The van der Waals surface area contributed by atoms with Crippen LogP contribution < -0.4 is 15.4 Å². The quantitative estimate of drug-likeness (QED) is 0.336. The van der Waals surface area contributed by atoms with Gasteiger partial charge in [-0.25, -0.2) is 0 Å². The molecule has 2 aromatic carbocycles. The molecular formula is C27H40NO2P. The molecule has 0 aliphatic heterocycles. The van der Waals surface area contributed by atoms with Gasteiger partial charge in [-0.3, -0.25) is 0 Å². The van der Waals surface area contributed by atoms with Crippen molar-refractivity contribution in [1.82, 2.24) is 5.32 Å². The Morgan fingerprint density at radius 1 is 1.13 bits per heavy atom. The van der Waals surface area contributed by atoms with Gasteiger partial charge in [-0.1, -0.05) is 74.4 Å². The summed E-state index contributed by atoms with van der Waals surface area (Å²) in [5.74, 6) is 1.43. The molecule has 0 heterocycles. The second-order valence-electron chi connectivity index (χ2n) is 9.22. The van der Waals surface area contributed by atoms with Crippen molar-refractivity contribution in [3.05, 3.63) is 58.1 Å². The number of benzene rings is 1. The minimum Gasteiger partial charge on any atom is -0.467 e. The number of aryl methyl sites for hydroxylation is 2. The average molecular weight is 442 g/mol. The maximum atomic E-state index is 6.13. The number of nitrogens with one attached hydrogen (secondary N) is 1. The Morgan fingerprint density at radius 2 is 1.84 bits per heavy atom. The standard InChI is InChI=1S/C27H40NO2P/c1-10-27(8,31-26-20(6)12-11-13-22(26)16-28-19(4)5)24-15-23(18(2)3)14-21(7)25(24)30-17-29-9/h12,14-15,18-19,28,31H,10,16-17H2,1-9H3. The number of hydrogen-bond donors (Lipinski definition) is 1. The SMILES string of the molecule is CCC(C)(Pc1c(CNC(C)C)c#ccc1C)c1cc(C(C)C)cc(C)c1OCOC. The van der Waals surface area contributed by atoms with E-state index in [9.17, 15) is 0 Å². The summed E-state index contributed by atoms with van der Waals surface area (Å²) in [6.07, 6.45) is 1.02. The van der Waals surface area contributed by atoms with Crippen molar-refractivity contribution in [3.8, 4) is 5.75 Å². The van der Waals surface area contributed by atoms with Crippen LogP contribution in [0.3, 0.4) is 0 Å². The zero-order valence-electron chi connectivity index (χ0n) is 20.8. The molecular weight excluding hydrogens is 401 g/mol. The summed E-state index contributed by atoms with van der Waals surface area (Å²) in [6.45, 7) is 18.9. The van der Waals surface area contributed by atoms with Crippen LogP contribution >= 0.6 is 8.58 Å². The Morgan fingerprint density at radius 3 is 2.42 bits per heavy atom. The normalized spacial score (nSPS) is 13.8. The van der Waals surface area contributed by atoms with E-state index in [1.54, 1.807) is 7.11 Å². The lowest BCUT2D eigenvalue weighted by Gasteiger charge is -2.33. The largest absolute Gasteiger partial charge is 0.467 e. The van der Waals surface area contributed by atoms with Gasteiger partial charge in [0.25, 0.3) is 0 Å². The highest BCUT2D eigenvalue weighted by atomic mass is 31.1. The minimum absolute atomic E-state index is 0.0503. The van der Waals surface area contributed by atoms with Crippen molar-refractivity contribution in [3.63, 3.8) is 0 Å². The highest BCUT2D eigenvalue weighted by Crippen LogP contribution is 2.49. The molecule has 0 saturated carbocycles. The molecule has 0 saturated heterocycles. The van der Waals surface area contributed by atoms with Crippen molar-refractivity contribution >= 4 is 13.9 Å². The molecule has 0 amide bonds. The van der Waals surface area contributed by atoms with Gasteiger partial charge >= 0.3 is 0 Å². The first-order valence-electron chi connectivity index (χ1n) is 11.3. The van der Waals surface area contributed by atoms with Crippen LogP contribution in [0.1, 0.15) is 81.7 Å². The van der Waals surface area contributed by atoms with Gasteiger partial charge in [0, 0.05) is 36.0 Å². The molecule has 2 aromatic rings. The molecule has 2 rings (SSSR count). The van der Waals surface area contributed by atoms with Crippen molar-refractivity contribution in [1.29, 1.82) is 0 Å². The Labute approximate surface area is 192 Å². The molecule has 0 spiro atoms. The Bertz CT molecular complexity index is 863. The maximum Gasteiger partial charge on any atom is 0.188 e. The predicted molar refractivity (Wildman–Crippen MR) is 134 cm³/mol. The second-order valence-corrected chi connectivity index (χ2v) is 11.1. The van der Waals surface area contributed by atoms with Crippen LogP contribution in [0.2, 0.25) is 0 Å². The van der Waals surface area contributed by atoms with Crippen LogP contribution in [0, 0.1) is 26.0 Å². The van der Waals surface area contributed by atoms with Gasteiger partial charge in [0.1, 0.15) is 5.75 Å². The molecule has 0 aliphatic carbocycles. The summed E-state index contributed by atoms with van der Waals surface area (Å²) < 4.78 is 11.4. The maximum absolute atomic E-state index is 6.13. The number of hydrogen-bond acceptors (Lipinski definition) is 3. The Balaban J connectivity index is 2.58. The van der Waals surface area contributed by atoms with Crippen LogP contribution in [0.4, 0.5) is 0 Å². The van der Waals surface area contributed by atoms with Gasteiger partial charge < -0.3 is 14.8 Å². The third-order valence-electron chi connectivity index (χ3n) is 5.88. The molecule has 0 bridgehead atoms. The molecule has 2 atom stereocenters. The van der Waals surface area contributed by atoms with Crippen LogP contribution in [-0.4, -0.2) is 19.9 Å². The van der Waals surface area contributed by atoms with Crippen LogP contribution in [0.15, 0.2) is 18.2 Å². The van der Waals surface area contributed by atoms with E-state index < -0.39 is 0 Å². The fourth-order valence-electron chi connectivity index (χ4n) is 3.69. The van der Waals surface area contributed by atoms with Gasteiger partial charge in [0.15, 0.2) is 6.79 Å². The zero-order chi connectivity index (χ0) is 23.2. The molecule has 0 aromatic heterocycles. The van der Waals surface area contributed by atoms with Gasteiger partial charge in [0.05, 0.1) is 0 Å².